The van der Waals surface area contributed by atoms with E-state index in [1.807, 2.05) is 0 Å². The van der Waals surface area contributed by atoms with Gasteiger partial charge in [-0.2, -0.15) is 0 Å². The predicted molar refractivity (Wildman–Crippen MR) is 47.1 cm³/mol. The third-order valence-corrected chi connectivity index (χ3v) is 2.13. The minimum absolute atomic E-state index is 0.0410. The number of rotatable bonds is 2. The molecule has 0 spiro atoms. The average Bonchev–Trinajstić information content (AvgIpc) is 2.46. The van der Waals surface area contributed by atoms with Crippen molar-refractivity contribution in [2.75, 3.05) is 6.54 Å². The van der Waals surface area contributed by atoms with Gasteiger partial charge in [0.05, 0.1) is 0 Å². The summed E-state index contributed by atoms with van der Waals surface area (Å²) in [6.07, 6.45) is 4.12. The summed E-state index contributed by atoms with van der Waals surface area (Å²) in [5.74, 6) is 0.0410. The lowest BCUT2D eigenvalue weighted by atomic mass is 10.3. The van der Waals surface area contributed by atoms with Crippen LogP contribution >= 0.6 is 0 Å². The van der Waals surface area contributed by atoms with Gasteiger partial charge in [-0.25, -0.2) is 9.97 Å². The molecule has 2 rings (SSSR count). The third-order valence-electron chi connectivity index (χ3n) is 2.13. The van der Waals surface area contributed by atoms with Crippen molar-refractivity contribution in [3.8, 4) is 0 Å². The Morgan fingerprint density at radius 3 is 3.15 bits per heavy atom. The molecule has 0 aromatic carbocycles. The third kappa shape index (κ3) is 1.28. The fourth-order valence-corrected chi connectivity index (χ4v) is 1.54. The van der Waals surface area contributed by atoms with Crippen LogP contribution in [0, 0.1) is 0 Å². The van der Waals surface area contributed by atoms with E-state index in [1.165, 1.54) is 6.33 Å². The molecule has 1 aromatic heterocycles. The second-order valence-corrected chi connectivity index (χ2v) is 3.12. The first-order valence-electron chi connectivity index (χ1n) is 4.41. The van der Waals surface area contributed by atoms with E-state index < -0.39 is 0 Å². The molecule has 13 heavy (non-hydrogen) atoms. The van der Waals surface area contributed by atoms with Gasteiger partial charge in [-0.15, -0.1) is 0 Å². The van der Waals surface area contributed by atoms with Crippen molar-refractivity contribution in [2.45, 2.75) is 19.9 Å². The molecule has 1 aliphatic heterocycles. The number of aromatic nitrogens is 2. The maximum absolute atomic E-state index is 11.6. The zero-order valence-corrected chi connectivity index (χ0v) is 7.53. The van der Waals surface area contributed by atoms with Gasteiger partial charge < -0.3 is 4.90 Å². The van der Waals surface area contributed by atoms with Crippen molar-refractivity contribution in [1.82, 2.24) is 14.9 Å². The number of hydrogen-bond acceptors (Lipinski definition) is 3. The standard InChI is InChI=1S/C9H11N3O/c1-2-3-12-5-7-4-10-6-11-8(7)9(12)13/h4,6H,2-3,5H2,1H3. The summed E-state index contributed by atoms with van der Waals surface area (Å²) in [5.41, 5.74) is 1.52. The fourth-order valence-electron chi connectivity index (χ4n) is 1.54. The number of carbonyl (C=O) groups excluding carboxylic acids is 1. The Morgan fingerprint density at radius 2 is 2.46 bits per heavy atom. The molecule has 0 aliphatic carbocycles. The van der Waals surface area contributed by atoms with E-state index in [9.17, 15) is 4.79 Å². The van der Waals surface area contributed by atoms with E-state index in [2.05, 4.69) is 16.9 Å². The van der Waals surface area contributed by atoms with E-state index in [-0.39, 0.29) is 5.91 Å². The number of fused-ring (bicyclic) bond motifs is 1. The van der Waals surface area contributed by atoms with Crippen molar-refractivity contribution in [3.05, 3.63) is 23.8 Å². The normalized spacial score (nSPS) is 14.8. The van der Waals surface area contributed by atoms with Crippen LogP contribution in [-0.2, 0) is 6.54 Å². The first-order valence-corrected chi connectivity index (χ1v) is 4.41. The molecule has 1 aromatic rings. The summed E-state index contributed by atoms with van der Waals surface area (Å²) in [4.78, 5) is 21.3. The summed E-state index contributed by atoms with van der Waals surface area (Å²) < 4.78 is 0. The molecule has 4 nitrogen and oxygen atoms in total. The zero-order chi connectivity index (χ0) is 9.26. The van der Waals surface area contributed by atoms with E-state index >= 15 is 0 Å². The molecule has 4 heteroatoms. The van der Waals surface area contributed by atoms with Crippen molar-refractivity contribution < 1.29 is 4.79 Å². The molecule has 0 atom stereocenters. The van der Waals surface area contributed by atoms with E-state index in [0.29, 0.717) is 12.2 Å². The number of hydrogen-bond donors (Lipinski definition) is 0. The topological polar surface area (TPSA) is 46.1 Å². The van der Waals surface area contributed by atoms with Gasteiger partial charge in [-0.05, 0) is 6.42 Å². The highest BCUT2D eigenvalue weighted by molar-refractivity contribution is 5.96. The van der Waals surface area contributed by atoms with Gasteiger partial charge in [0.1, 0.15) is 12.0 Å². The maximum Gasteiger partial charge on any atom is 0.273 e. The van der Waals surface area contributed by atoms with Crippen molar-refractivity contribution >= 4 is 5.91 Å². The molecule has 2 heterocycles. The van der Waals surface area contributed by atoms with Crippen LogP contribution < -0.4 is 0 Å². The lowest BCUT2D eigenvalue weighted by molar-refractivity contribution is 0.0774. The molecule has 0 saturated heterocycles. The van der Waals surface area contributed by atoms with Gasteiger partial charge in [0.25, 0.3) is 5.91 Å². The summed E-state index contributed by atoms with van der Waals surface area (Å²) in [7, 11) is 0. The van der Waals surface area contributed by atoms with Gasteiger partial charge in [-0.3, -0.25) is 4.79 Å². The Morgan fingerprint density at radius 1 is 1.62 bits per heavy atom. The predicted octanol–water partition coefficient (Wildman–Crippen LogP) is 0.842. The minimum atomic E-state index is 0.0410. The lowest BCUT2D eigenvalue weighted by Gasteiger charge is -2.12. The van der Waals surface area contributed by atoms with Crippen LogP contribution in [0.5, 0.6) is 0 Å². The number of amides is 1. The van der Waals surface area contributed by atoms with Crippen LogP contribution in [0.4, 0.5) is 0 Å². The molecular weight excluding hydrogens is 166 g/mol. The summed E-state index contributed by atoms with van der Waals surface area (Å²) in [6.45, 7) is 3.53. The zero-order valence-electron chi connectivity index (χ0n) is 7.53. The largest absolute Gasteiger partial charge is 0.333 e. The van der Waals surface area contributed by atoms with E-state index in [0.717, 1.165) is 18.5 Å². The van der Waals surface area contributed by atoms with Crippen LogP contribution in [0.25, 0.3) is 0 Å². The highest BCUT2D eigenvalue weighted by Crippen LogP contribution is 2.18. The van der Waals surface area contributed by atoms with Crippen LogP contribution in [0.1, 0.15) is 29.4 Å². The van der Waals surface area contributed by atoms with E-state index in [4.69, 9.17) is 0 Å². The number of nitrogens with zero attached hydrogens (tertiary/aromatic N) is 3. The van der Waals surface area contributed by atoms with Crippen molar-refractivity contribution in [1.29, 1.82) is 0 Å². The van der Waals surface area contributed by atoms with Gasteiger partial charge >= 0.3 is 0 Å². The molecule has 68 valence electrons. The molecule has 0 bridgehead atoms. The Hall–Kier alpha value is -1.45. The molecule has 1 amide bonds. The van der Waals surface area contributed by atoms with Crippen LogP contribution in [-0.4, -0.2) is 27.3 Å². The number of carbonyl (C=O) groups is 1. The second kappa shape index (κ2) is 3.12. The Kier molecular flexibility index (Phi) is 1.96. The molecule has 0 saturated carbocycles. The Labute approximate surface area is 76.6 Å². The molecular formula is C9H11N3O. The smallest absolute Gasteiger partial charge is 0.273 e. The second-order valence-electron chi connectivity index (χ2n) is 3.12. The van der Waals surface area contributed by atoms with Crippen molar-refractivity contribution in [2.24, 2.45) is 0 Å². The van der Waals surface area contributed by atoms with Crippen LogP contribution in [0.2, 0.25) is 0 Å². The summed E-state index contributed by atoms with van der Waals surface area (Å²) >= 11 is 0. The first-order chi connectivity index (χ1) is 6.33. The van der Waals surface area contributed by atoms with Crippen molar-refractivity contribution in [3.63, 3.8) is 0 Å². The van der Waals surface area contributed by atoms with Gasteiger partial charge in [-0.1, -0.05) is 6.92 Å². The fraction of sp³-hybridized carbons (Fsp3) is 0.444. The van der Waals surface area contributed by atoms with Crippen LogP contribution in [0.3, 0.4) is 0 Å². The molecule has 0 N–H and O–H groups in total. The molecule has 0 fully saturated rings. The van der Waals surface area contributed by atoms with Gasteiger partial charge in [0, 0.05) is 24.8 Å². The SMILES string of the molecule is CCCN1Cc2cncnc2C1=O. The van der Waals surface area contributed by atoms with E-state index in [1.54, 1.807) is 11.1 Å². The minimum Gasteiger partial charge on any atom is -0.333 e. The highest BCUT2D eigenvalue weighted by Gasteiger charge is 2.27. The van der Waals surface area contributed by atoms with Gasteiger partial charge in [0.15, 0.2) is 0 Å². The molecule has 1 aliphatic rings. The first kappa shape index (κ1) is 8.16. The van der Waals surface area contributed by atoms with Crippen LogP contribution in [0.15, 0.2) is 12.5 Å². The summed E-state index contributed by atoms with van der Waals surface area (Å²) in [6, 6.07) is 0. The lowest BCUT2D eigenvalue weighted by Crippen LogP contribution is -2.24. The Bertz CT molecular complexity index is 337. The monoisotopic (exact) mass is 177 g/mol. The highest BCUT2D eigenvalue weighted by atomic mass is 16.2. The Balaban J connectivity index is 2.28. The average molecular weight is 177 g/mol. The molecule has 0 radical (unpaired) electrons. The van der Waals surface area contributed by atoms with Gasteiger partial charge in [0.2, 0.25) is 0 Å². The summed E-state index contributed by atoms with van der Waals surface area (Å²) in [5, 5.41) is 0. The molecule has 0 unspecified atom stereocenters. The maximum atomic E-state index is 11.6. The quantitative estimate of drug-likeness (QED) is 0.672.